The van der Waals surface area contributed by atoms with Crippen LogP contribution in [0.3, 0.4) is 0 Å². The lowest BCUT2D eigenvalue weighted by Crippen LogP contribution is -2.36. The van der Waals surface area contributed by atoms with Crippen molar-refractivity contribution in [1.29, 1.82) is 0 Å². The Labute approximate surface area is 137 Å². The summed E-state index contributed by atoms with van der Waals surface area (Å²) in [5, 5.41) is 2.42. The number of para-hydroxylation sites is 1. The molecule has 3 rings (SSSR count). The van der Waals surface area contributed by atoms with Gasteiger partial charge in [-0.3, -0.25) is 9.10 Å². The Kier molecular flexibility index (Phi) is 3.84. The molecule has 0 saturated carbocycles. The van der Waals surface area contributed by atoms with Crippen LogP contribution in [0.2, 0.25) is 0 Å². The molecule has 0 aliphatic carbocycles. The van der Waals surface area contributed by atoms with Gasteiger partial charge in [0.25, 0.3) is 10.0 Å². The molecule has 24 heavy (non-hydrogen) atoms. The first kappa shape index (κ1) is 16.1. The average Bonchev–Trinajstić information content (AvgIpc) is 2.54. The number of nitrogens with zero attached hydrogens (tertiary/aromatic N) is 1. The molecule has 1 aliphatic heterocycles. The van der Waals surface area contributed by atoms with Crippen molar-refractivity contribution in [2.75, 3.05) is 16.7 Å². The van der Waals surface area contributed by atoms with Gasteiger partial charge in [-0.2, -0.15) is 0 Å². The van der Waals surface area contributed by atoms with Gasteiger partial charge in [-0.25, -0.2) is 17.2 Å². The molecule has 0 aromatic heterocycles. The molecule has 0 unspecified atom stereocenters. The summed E-state index contributed by atoms with van der Waals surface area (Å²) in [4.78, 5) is 11.9. The first-order valence-electron chi connectivity index (χ1n) is 6.87. The van der Waals surface area contributed by atoms with E-state index in [0.717, 1.165) is 22.6 Å². The maximum atomic E-state index is 13.6. The number of Topliss-reactive ketones (excluding diaryl/α,β-unsaturated/α-hetero) is 1. The minimum atomic E-state index is -4.07. The van der Waals surface area contributed by atoms with E-state index >= 15 is 0 Å². The van der Waals surface area contributed by atoms with E-state index in [0.29, 0.717) is 6.07 Å². The van der Waals surface area contributed by atoms with Crippen molar-refractivity contribution in [2.24, 2.45) is 0 Å². The van der Waals surface area contributed by atoms with Crippen LogP contribution in [-0.2, 0) is 10.0 Å². The number of rotatable bonds is 2. The van der Waals surface area contributed by atoms with E-state index in [1.54, 1.807) is 12.1 Å². The van der Waals surface area contributed by atoms with Gasteiger partial charge < -0.3 is 5.32 Å². The molecule has 0 fully saturated rings. The monoisotopic (exact) mass is 350 g/mol. The second-order valence-electron chi connectivity index (χ2n) is 5.10. The summed E-state index contributed by atoms with van der Waals surface area (Å²) in [6, 6.07) is 9.05. The van der Waals surface area contributed by atoms with Crippen molar-refractivity contribution in [3.63, 3.8) is 0 Å². The van der Waals surface area contributed by atoms with Gasteiger partial charge in [-0.15, -0.1) is 0 Å². The second kappa shape index (κ2) is 5.72. The molecule has 0 radical (unpaired) electrons. The molecular formula is C16H12F2N2O3S. The van der Waals surface area contributed by atoms with E-state index in [1.165, 1.54) is 19.2 Å². The average molecular weight is 350 g/mol. The summed E-state index contributed by atoms with van der Waals surface area (Å²) in [5.74, 6) is -2.36. The Morgan fingerprint density at radius 2 is 1.83 bits per heavy atom. The third kappa shape index (κ3) is 2.54. The highest BCUT2D eigenvalue weighted by molar-refractivity contribution is 7.97. The summed E-state index contributed by atoms with van der Waals surface area (Å²) in [6.07, 6.45) is 0.917. The van der Waals surface area contributed by atoms with Crippen molar-refractivity contribution in [1.82, 2.24) is 0 Å². The summed E-state index contributed by atoms with van der Waals surface area (Å²) in [7, 11) is -2.74. The van der Waals surface area contributed by atoms with Gasteiger partial charge in [0, 0.05) is 24.9 Å². The van der Waals surface area contributed by atoms with Crippen molar-refractivity contribution >= 4 is 27.2 Å². The first-order chi connectivity index (χ1) is 11.3. The zero-order valence-corrected chi connectivity index (χ0v) is 13.3. The van der Waals surface area contributed by atoms with Gasteiger partial charge in [0.1, 0.15) is 11.6 Å². The number of anilines is 2. The molecule has 0 spiro atoms. The molecule has 8 heteroatoms. The lowest BCUT2D eigenvalue weighted by Gasteiger charge is -2.27. The number of halogens is 2. The van der Waals surface area contributed by atoms with Crippen LogP contribution in [0.5, 0.6) is 0 Å². The number of hydrogen-bond acceptors (Lipinski definition) is 4. The number of allylic oxidation sites excluding steroid dienone is 1. The van der Waals surface area contributed by atoms with Crippen LogP contribution in [-0.4, -0.2) is 21.2 Å². The molecule has 1 heterocycles. The SMILES string of the molecule is CN1c2ccccc2C(=O)/C(=C\Nc2ccc(F)cc2F)S1(=O)=O. The third-order valence-corrected chi connectivity index (χ3v) is 5.42. The van der Waals surface area contributed by atoms with Crippen LogP contribution in [0.1, 0.15) is 10.4 Å². The lowest BCUT2D eigenvalue weighted by atomic mass is 10.1. The number of sulfonamides is 1. The van der Waals surface area contributed by atoms with Crippen LogP contribution in [0.4, 0.5) is 20.2 Å². The van der Waals surface area contributed by atoms with Gasteiger partial charge in [0.05, 0.1) is 11.4 Å². The highest BCUT2D eigenvalue weighted by atomic mass is 32.2. The lowest BCUT2D eigenvalue weighted by molar-refractivity contribution is 0.104. The molecule has 124 valence electrons. The fourth-order valence-corrected chi connectivity index (χ4v) is 3.62. The third-order valence-electron chi connectivity index (χ3n) is 3.64. The maximum absolute atomic E-state index is 13.6. The zero-order chi connectivity index (χ0) is 17.5. The Balaban J connectivity index is 2.05. The fourth-order valence-electron chi connectivity index (χ4n) is 2.36. The highest BCUT2D eigenvalue weighted by Crippen LogP contribution is 2.33. The number of carbonyl (C=O) groups is 1. The fraction of sp³-hybridized carbons (Fsp3) is 0.0625. The van der Waals surface area contributed by atoms with Crippen molar-refractivity contribution < 1.29 is 22.0 Å². The number of carbonyl (C=O) groups excluding carboxylic acids is 1. The Hall–Kier alpha value is -2.74. The van der Waals surface area contributed by atoms with Crippen LogP contribution >= 0.6 is 0 Å². The zero-order valence-electron chi connectivity index (χ0n) is 12.5. The van der Waals surface area contributed by atoms with E-state index in [2.05, 4.69) is 5.32 Å². The normalized spacial score (nSPS) is 17.7. The van der Waals surface area contributed by atoms with E-state index in [9.17, 15) is 22.0 Å². The molecule has 0 atom stereocenters. The minimum Gasteiger partial charge on any atom is -0.358 e. The van der Waals surface area contributed by atoms with Crippen molar-refractivity contribution in [3.05, 3.63) is 70.8 Å². The predicted molar refractivity (Wildman–Crippen MR) is 86.2 cm³/mol. The molecule has 5 nitrogen and oxygen atoms in total. The molecule has 0 saturated heterocycles. The molecular weight excluding hydrogens is 338 g/mol. The van der Waals surface area contributed by atoms with Crippen molar-refractivity contribution in [3.8, 4) is 0 Å². The summed E-state index contributed by atoms with van der Waals surface area (Å²) in [5.41, 5.74) is 0.350. The van der Waals surface area contributed by atoms with Gasteiger partial charge in [0.2, 0.25) is 5.78 Å². The number of ketones is 1. The van der Waals surface area contributed by atoms with Gasteiger partial charge >= 0.3 is 0 Å². The predicted octanol–water partition coefficient (Wildman–Crippen LogP) is 2.88. The number of hydrogen-bond donors (Lipinski definition) is 1. The molecule has 0 amide bonds. The van der Waals surface area contributed by atoms with Gasteiger partial charge in [-0.1, -0.05) is 12.1 Å². The standard InChI is InChI=1S/C16H12F2N2O3S/c1-20-14-5-3-2-4-11(14)16(21)15(24(20,22)23)9-19-13-7-6-10(17)8-12(13)18/h2-9,19H,1H3/b15-9+. The minimum absolute atomic E-state index is 0.145. The van der Waals surface area contributed by atoms with Crippen molar-refractivity contribution in [2.45, 2.75) is 0 Å². The molecule has 2 aromatic carbocycles. The number of fused-ring (bicyclic) bond motifs is 1. The van der Waals surface area contributed by atoms with Crippen LogP contribution in [0.15, 0.2) is 53.6 Å². The van der Waals surface area contributed by atoms with E-state index < -0.39 is 32.3 Å². The van der Waals surface area contributed by atoms with Gasteiger partial charge in [0.15, 0.2) is 4.91 Å². The summed E-state index contributed by atoms with van der Waals surface area (Å²) < 4.78 is 52.5. The molecule has 0 bridgehead atoms. The van der Waals surface area contributed by atoms with E-state index in [4.69, 9.17) is 0 Å². The highest BCUT2D eigenvalue weighted by Gasteiger charge is 2.37. The Bertz CT molecular complexity index is 971. The topological polar surface area (TPSA) is 66.5 Å². The number of nitrogens with one attached hydrogen (secondary N) is 1. The first-order valence-corrected chi connectivity index (χ1v) is 8.31. The van der Waals surface area contributed by atoms with Gasteiger partial charge in [-0.05, 0) is 24.3 Å². The van der Waals surface area contributed by atoms with Crippen LogP contribution < -0.4 is 9.62 Å². The maximum Gasteiger partial charge on any atom is 0.269 e. The Morgan fingerprint density at radius 1 is 1.12 bits per heavy atom. The molecule has 1 aliphatic rings. The molecule has 1 N–H and O–H groups in total. The second-order valence-corrected chi connectivity index (χ2v) is 7.03. The quantitative estimate of drug-likeness (QED) is 0.846. The summed E-state index contributed by atoms with van der Waals surface area (Å²) in [6.45, 7) is 0. The molecule has 2 aromatic rings. The number of benzene rings is 2. The largest absolute Gasteiger partial charge is 0.358 e. The van der Waals surface area contributed by atoms with E-state index in [-0.39, 0.29) is 16.9 Å². The smallest absolute Gasteiger partial charge is 0.269 e. The van der Waals surface area contributed by atoms with Crippen LogP contribution in [0, 0.1) is 11.6 Å². The Morgan fingerprint density at radius 3 is 2.54 bits per heavy atom. The summed E-state index contributed by atoms with van der Waals surface area (Å²) >= 11 is 0. The van der Waals surface area contributed by atoms with E-state index in [1.807, 2.05) is 0 Å². The van der Waals surface area contributed by atoms with Crippen LogP contribution in [0.25, 0.3) is 0 Å².